The Balaban J connectivity index is 2.68. The maximum atomic E-state index is 11.0. The van der Waals surface area contributed by atoms with Crippen LogP contribution in [0.3, 0.4) is 0 Å². The van der Waals surface area contributed by atoms with Crippen LogP contribution in [0.15, 0.2) is 53.7 Å². The molecule has 3 aromatic rings. The van der Waals surface area contributed by atoms with E-state index >= 15 is 0 Å². The predicted molar refractivity (Wildman–Crippen MR) is 68.6 cm³/mol. The highest BCUT2D eigenvalue weighted by Crippen LogP contribution is 2.41. The number of benzene rings is 3. The first-order chi connectivity index (χ1) is 8.33. The van der Waals surface area contributed by atoms with Crippen LogP contribution < -0.4 is 0 Å². The number of hydrogen-bond donors (Lipinski definition) is 1. The summed E-state index contributed by atoms with van der Waals surface area (Å²) >= 11 is 0. The van der Waals surface area contributed by atoms with Gasteiger partial charge >= 0.3 is 0 Å². The molecule has 3 heteroatoms. The zero-order valence-corrected chi connectivity index (χ0v) is 8.92. The molecule has 0 atom stereocenters. The fourth-order valence-electron chi connectivity index (χ4n) is 2.18. The summed E-state index contributed by atoms with van der Waals surface area (Å²) in [5.41, 5.74) is 0.383. The minimum Gasteiger partial charge on any atom is -0.507 e. The van der Waals surface area contributed by atoms with E-state index in [1.165, 1.54) is 0 Å². The van der Waals surface area contributed by atoms with E-state index in [2.05, 4.69) is 5.18 Å². The van der Waals surface area contributed by atoms with E-state index in [1.54, 1.807) is 24.3 Å². The Morgan fingerprint density at radius 1 is 0.765 bits per heavy atom. The smallest absolute Gasteiger partial charge is 0.131 e. The number of hydrogen-bond acceptors (Lipinski definition) is 3. The molecule has 0 fully saturated rings. The molecule has 0 spiro atoms. The van der Waals surface area contributed by atoms with E-state index < -0.39 is 0 Å². The van der Waals surface area contributed by atoms with E-state index in [4.69, 9.17) is 0 Å². The van der Waals surface area contributed by atoms with Crippen molar-refractivity contribution in [1.82, 2.24) is 0 Å². The van der Waals surface area contributed by atoms with Crippen molar-refractivity contribution >= 4 is 27.2 Å². The summed E-state index contributed by atoms with van der Waals surface area (Å²) in [6.45, 7) is 0. The van der Waals surface area contributed by atoms with Crippen LogP contribution in [0.2, 0.25) is 0 Å². The van der Waals surface area contributed by atoms with E-state index in [0.717, 1.165) is 0 Å². The van der Waals surface area contributed by atoms with Crippen LogP contribution >= 0.6 is 0 Å². The molecule has 0 aromatic heterocycles. The standard InChI is InChI=1S/C14H9NO2/c16-14-11-7-3-1-5-9(11)13(15-17)10-6-2-4-8-12(10)14/h1-8,16H. The Morgan fingerprint density at radius 3 is 1.59 bits per heavy atom. The highest BCUT2D eigenvalue weighted by Gasteiger charge is 2.12. The Labute approximate surface area is 97.3 Å². The number of phenols is 1. The van der Waals surface area contributed by atoms with Gasteiger partial charge in [0.2, 0.25) is 0 Å². The van der Waals surface area contributed by atoms with Gasteiger partial charge in [0.25, 0.3) is 0 Å². The van der Waals surface area contributed by atoms with Crippen LogP contribution in [0.1, 0.15) is 0 Å². The molecule has 0 unspecified atom stereocenters. The van der Waals surface area contributed by atoms with Gasteiger partial charge in [-0.1, -0.05) is 48.5 Å². The summed E-state index contributed by atoms with van der Waals surface area (Å²) in [7, 11) is 0. The summed E-state index contributed by atoms with van der Waals surface area (Å²) in [5.74, 6) is 0.198. The molecule has 3 nitrogen and oxygen atoms in total. The fourth-order valence-corrected chi connectivity index (χ4v) is 2.18. The molecular formula is C14H9NO2. The summed E-state index contributed by atoms with van der Waals surface area (Å²) in [4.78, 5) is 11.0. The van der Waals surface area contributed by atoms with Gasteiger partial charge in [0, 0.05) is 21.5 Å². The van der Waals surface area contributed by atoms with Gasteiger partial charge in [0.05, 0.1) is 0 Å². The van der Waals surface area contributed by atoms with Gasteiger partial charge in [-0.05, 0) is 5.18 Å². The summed E-state index contributed by atoms with van der Waals surface area (Å²) in [6, 6.07) is 14.4. The molecule has 0 aliphatic heterocycles. The predicted octanol–water partition coefficient (Wildman–Crippen LogP) is 4.10. The summed E-state index contributed by atoms with van der Waals surface area (Å²) in [6.07, 6.45) is 0. The molecule has 1 N–H and O–H groups in total. The third-order valence-electron chi connectivity index (χ3n) is 2.97. The topological polar surface area (TPSA) is 49.7 Å². The lowest BCUT2D eigenvalue weighted by Gasteiger charge is -2.08. The van der Waals surface area contributed by atoms with Crippen LogP contribution in [0.5, 0.6) is 5.75 Å². The molecule has 0 saturated carbocycles. The van der Waals surface area contributed by atoms with Crippen LogP contribution in [-0.2, 0) is 0 Å². The lowest BCUT2D eigenvalue weighted by Crippen LogP contribution is -1.80. The number of nitroso groups, excluding NO2 is 1. The molecule has 3 aromatic carbocycles. The SMILES string of the molecule is O=Nc1c2ccccc2c(O)c2ccccc12. The van der Waals surface area contributed by atoms with E-state index in [9.17, 15) is 10.0 Å². The van der Waals surface area contributed by atoms with Crippen LogP contribution in [-0.4, -0.2) is 5.11 Å². The molecule has 3 rings (SSSR count). The molecule has 0 amide bonds. The largest absolute Gasteiger partial charge is 0.507 e. The zero-order chi connectivity index (χ0) is 11.8. The Bertz CT molecular complexity index is 678. The molecular weight excluding hydrogens is 214 g/mol. The molecule has 0 aliphatic carbocycles. The molecule has 0 bridgehead atoms. The van der Waals surface area contributed by atoms with Crippen molar-refractivity contribution in [3.63, 3.8) is 0 Å². The molecule has 0 saturated heterocycles. The second-order valence-electron chi connectivity index (χ2n) is 3.88. The molecule has 82 valence electrons. The van der Waals surface area contributed by atoms with Crippen molar-refractivity contribution in [2.45, 2.75) is 0 Å². The lowest BCUT2D eigenvalue weighted by molar-refractivity contribution is 0.488. The van der Waals surface area contributed by atoms with Crippen molar-refractivity contribution in [2.24, 2.45) is 5.18 Å². The van der Waals surface area contributed by atoms with Crippen LogP contribution in [0, 0.1) is 4.91 Å². The first-order valence-corrected chi connectivity index (χ1v) is 5.28. The number of fused-ring (bicyclic) bond motifs is 2. The van der Waals surface area contributed by atoms with Gasteiger partial charge in [-0.3, -0.25) is 0 Å². The summed E-state index contributed by atoms with van der Waals surface area (Å²) in [5, 5.41) is 16.0. The van der Waals surface area contributed by atoms with Crippen molar-refractivity contribution in [2.75, 3.05) is 0 Å². The molecule has 17 heavy (non-hydrogen) atoms. The molecule has 0 radical (unpaired) electrons. The van der Waals surface area contributed by atoms with E-state index in [-0.39, 0.29) is 5.75 Å². The van der Waals surface area contributed by atoms with Crippen LogP contribution in [0.25, 0.3) is 21.5 Å². The average Bonchev–Trinajstić information content (AvgIpc) is 2.40. The van der Waals surface area contributed by atoms with Gasteiger partial charge in [-0.15, -0.1) is 4.91 Å². The first-order valence-electron chi connectivity index (χ1n) is 5.28. The van der Waals surface area contributed by atoms with Gasteiger partial charge < -0.3 is 5.11 Å². The third kappa shape index (κ3) is 1.29. The quantitative estimate of drug-likeness (QED) is 0.498. The van der Waals surface area contributed by atoms with E-state index in [0.29, 0.717) is 27.2 Å². The van der Waals surface area contributed by atoms with Crippen molar-refractivity contribution in [1.29, 1.82) is 0 Å². The number of aromatic hydroxyl groups is 1. The van der Waals surface area contributed by atoms with Gasteiger partial charge in [-0.25, -0.2) is 0 Å². The fraction of sp³-hybridized carbons (Fsp3) is 0. The van der Waals surface area contributed by atoms with Crippen molar-refractivity contribution < 1.29 is 5.11 Å². The molecule has 0 heterocycles. The minimum absolute atomic E-state index is 0.198. The number of rotatable bonds is 1. The highest BCUT2D eigenvalue weighted by molar-refractivity contribution is 6.14. The lowest BCUT2D eigenvalue weighted by atomic mass is 10.00. The van der Waals surface area contributed by atoms with Crippen LogP contribution in [0.4, 0.5) is 5.69 Å². The Kier molecular flexibility index (Phi) is 2.05. The second kappa shape index (κ2) is 3.56. The monoisotopic (exact) mass is 223 g/mol. The normalized spacial score (nSPS) is 10.8. The van der Waals surface area contributed by atoms with Gasteiger partial charge in [0.15, 0.2) is 0 Å². The third-order valence-corrected chi connectivity index (χ3v) is 2.97. The first kappa shape index (κ1) is 9.78. The van der Waals surface area contributed by atoms with Gasteiger partial charge in [-0.2, -0.15) is 0 Å². The van der Waals surface area contributed by atoms with Crippen molar-refractivity contribution in [3.05, 3.63) is 53.4 Å². The zero-order valence-electron chi connectivity index (χ0n) is 8.92. The Morgan fingerprint density at radius 2 is 1.18 bits per heavy atom. The van der Waals surface area contributed by atoms with Crippen molar-refractivity contribution in [3.8, 4) is 5.75 Å². The average molecular weight is 223 g/mol. The Hall–Kier alpha value is -2.42. The second-order valence-corrected chi connectivity index (χ2v) is 3.88. The minimum atomic E-state index is 0.198. The van der Waals surface area contributed by atoms with E-state index in [1.807, 2.05) is 24.3 Å². The highest BCUT2D eigenvalue weighted by atomic mass is 16.3. The number of phenolic OH excluding ortho intramolecular Hbond substituents is 1. The maximum Gasteiger partial charge on any atom is 0.131 e. The number of nitrogens with zero attached hydrogens (tertiary/aromatic N) is 1. The maximum absolute atomic E-state index is 11.0. The van der Waals surface area contributed by atoms with Gasteiger partial charge in [0.1, 0.15) is 11.4 Å². The summed E-state index contributed by atoms with van der Waals surface area (Å²) < 4.78 is 0. The molecule has 0 aliphatic rings.